The van der Waals surface area contributed by atoms with Crippen LogP contribution >= 0.6 is 0 Å². The van der Waals surface area contributed by atoms with E-state index in [0.717, 1.165) is 6.08 Å². The van der Waals surface area contributed by atoms with Gasteiger partial charge in [-0.2, -0.15) is 0 Å². The fourth-order valence-electron chi connectivity index (χ4n) is 1.08. The number of halogens is 1. The molecular weight excluding hydrogens is 167 g/mol. The van der Waals surface area contributed by atoms with Crippen molar-refractivity contribution in [3.63, 3.8) is 0 Å². The molecule has 0 bridgehead atoms. The minimum atomic E-state index is -1.79. The predicted octanol–water partition coefficient (Wildman–Crippen LogP) is -0.539. The van der Waals surface area contributed by atoms with Gasteiger partial charge in [-0.15, -0.1) is 0 Å². The first-order chi connectivity index (χ1) is 5.52. The van der Waals surface area contributed by atoms with Crippen LogP contribution in [-0.2, 0) is 4.79 Å². The lowest BCUT2D eigenvalue weighted by Gasteiger charge is -2.24. The van der Waals surface area contributed by atoms with Crippen molar-refractivity contribution >= 4 is 5.97 Å². The standard InChI is InChI=1S/C7H9FO4/c8-4-1-3(7(11)12)2-5(9)6(4)10/h1,4-6,9-10H,2H2,(H,11,12)/t4-,5-,6-/m1/s1. The Kier molecular flexibility index (Phi) is 2.44. The van der Waals surface area contributed by atoms with Gasteiger partial charge in [-0.25, -0.2) is 9.18 Å². The average Bonchev–Trinajstić information content (AvgIpc) is 1.99. The normalized spacial score (nSPS) is 35.9. The second-order valence-corrected chi connectivity index (χ2v) is 2.70. The number of carboxylic acid groups (broad SMARTS) is 1. The summed E-state index contributed by atoms with van der Waals surface area (Å²) in [4.78, 5) is 10.3. The van der Waals surface area contributed by atoms with E-state index < -0.39 is 24.3 Å². The van der Waals surface area contributed by atoms with E-state index in [1.807, 2.05) is 0 Å². The molecule has 0 aromatic carbocycles. The molecule has 0 unspecified atom stereocenters. The monoisotopic (exact) mass is 176 g/mol. The van der Waals surface area contributed by atoms with Crippen molar-refractivity contribution in [1.29, 1.82) is 0 Å². The molecule has 0 aliphatic heterocycles. The Balaban J connectivity index is 2.81. The molecule has 0 heterocycles. The van der Waals surface area contributed by atoms with E-state index in [2.05, 4.69) is 0 Å². The van der Waals surface area contributed by atoms with E-state index in [4.69, 9.17) is 15.3 Å². The molecule has 3 atom stereocenters. The first-order valence-corrected chi connectivity index (χ1v) is 3.46. The summed E-state index contributed by atoms with van der Waals surface area (Å²) in [6.07, 6.45) is -4.01. The summed E-state index contributed by atoms with van der Waals surface area (Å²) < 4.78 is 12.7. The Hall–Kier alpha value is -0.940. The highest BCUT2D eigenvalue weighted by atomic mass is 19.1. The van der Waals surface area contributed by atoms with Crippen LogP contribution in [0.25, 0.3) is 0 Å². The van der Waals surface area contributed by atoms with Crippen LogP contribution in [0, 0.1) is 0 Å². The number of carboxylic acids is 1. The molecule has 0 aromatic heterocycles. The SMILES string of the molecule is O=C(O)C1=C[C@@H](F)[C@@H](O)[C@H](O)C1. The molecular formula is C7H9FO4. The van der Waals surface area contributed by atoms with Crippen LogP contribution in [-0.4, -0.2) is 39.7 Å². The van der Waals surface area contributed by atoms with Crippen LogP contribution in [0.4, 0.5) is 4.39 Å². The van der Waals surface area contributed by atoms with Crippen molar-refractivity contribution in [3.05, 3.63) is 11.6 Å². The molecule has 0 saturated heterocycles. The highest BCUT2D eigenvalue weighted by Gasteiger charge is 2.32. The highest BCUT2D eigenvalue weighted by Crippen LogP contribution is 2.21. The van der Waals surface area contributed by atoms with Crippen molar-refractivity contribution in [2.45, 2.75) is 24.8 Å². The lowest BCUT2D eigenvalue weighted by atomic mass is 9.93. The van der Waals surface area contributed by atoms with Gasteiger partial charge in [-0.05, 0) is 6.08 Å². The molecule has 5 heteroatoms. The smallest absolute Gasteiger partial charge is 0.331 e. The summed E-state index contributed by atoms with van der Waals surface area (Å²) in [5, 5.41) is 26.3. The van der Waals surface area contributed by atoms with Gasteiger partial charge in [0.25, 0.3) is 0 Å². The lowest BCUT2D eigenvalue weighted by molar-refractivity contribution is -0.133. The third-order valence-electron chi connectivity index (χ3n) is 1.78. The topological polar surface area (TPSA) is 77.8 Å². The minimum Gasteiger partial charge on any atom is -0.478 e. The van der Waals surface area contributed by atoms with Crippen LogP contribution in [0.15, 0.2) is 11.6 Å². The molecule has 68 valence electrons. The number of aliphatic hydroxyl groups is 2. The zero-order valence-electron chi connectivity index (χ0n) is 6.14. The zero-order chi connectivity index (χ0) is 9.30. The third-order valence-corrected chi connectivity index (χ3v) is 1.78. The molecule has 3 N–H and O–H groups in total. The van der Waals surface area contributed by atoms with Crippen molar-refractivity contribution in [1.82, 2.24) is 0 Å². The van der Waals surface area contributed by atoms with E-state index in [9.17, 15) is 9.18 Å². The molecule has 0 aromatic rings. The molecule has 0 spiro atoms. The van der Waals surface area contributed by atoms with Crippen molar-refractivity contribution in [2.24, 2.45) is 0 Å². The van der Waals surface area contributed by atoms with Gasteiger partial charge in [0.05, 0.1) is 6.10 Å². The molecule has 0 saturated carbocycles. The van der Waals surface area contributed by atoms with E-state index in [1.165, 1.54) is 0 Å². The minimum absolute atomic E-state index is 0.194. The van der Waals surface area contributed by atoms with Crippen molar-refractivity contribution in [3.8, 4) is 0 Å². The summed E-state index contributed by atoms with van der Waals surface area (Å²) >= 11 is 0. The molecule has 0 fully saturated rings. The molecule has 1 aliphatic rings. The van der Waals surface area contributed by atoms with E-state index in [-0.39, 0.29) is 12.0 Å². The van der Waals surface area contributed by atoms with Crippen molar-refractivity contribution < 1.29 is 24.5 Å². The first kappa shape index (κ1) is 9.15. The van der Waals surface area contributed by atoms with Crippen LogP contribution in [0.5, 0.6) is 0 Å². The average molecular weight is 176 g/mol. The Bertz CT molecular complexity index is 225. The number of rotatable bonds is 1. The van der Waals surface area contributed by atoms with Gasteiger partial charge in [0.1, 0.15) is 12.3 Å². The fraction of sp³-hybridized carbons (Fsp3) is 0.571. The summed E-state index contributed by atoms with van der Waals surface area (Å²) in [6.45, 7) is 0. The van der Waals surface area contributed by atoms with E-state index in [1.54, 1.807) is 0 Å². The summed E-state index contributed by atoms with van der Waals surface area (Å²) in [5.74, 6) is -1.26. The third kappa shape index (κ3) is 1.62. The van der Waals surface area contributed by atoms with Gasteiger partial charge in [0, 0.05) is 12.0 Å². The first-order valence-electron chi connectivity index (χ1n) is 3.46. The Morgan fingerprint density at radius 3 is 2.58 bits per heavy atom. The van der Waals surface area contributed by atoms with E-state index in [0.29, 0.717) is 0 Å². The molecule has 1 aliphatic carbocycles. The van der Waals surface area contributed by atoms with Crippen LogP contribution in [0.1, 0.15) is 6.42 Å². The van der Waals surface area contributed by atoms with Crippen molar-refractivity contribution in [2.75, 3.05) is 0 Å². The lowest BCUT2D eigenvalue weighted by Crippen LogP contribution is -2.38. The van der Waals surface area contributed by atoms with E-state index >= 15 is 0 Å². The molecule has 12 heavy (non-hydrogen) atoms. The van der Waals surface area contributed by atoms with Gasteiger partial charge in [-0.3, -0.25) is 0 Å². The molecule has 1 rings (SSSR count). The predicted molar refractivity (Wildman–Crippen MR) is 37.2 cm³/mol. The molecule has 4 nitrogen and oxygen atoms in total. The Morgan fingerprint density at radius 1 is 1.58 bits per heavy atom. The summed E-state index contributed by atoms with van der Waals surface area (Å²) in [5.41, 5.74) is -0.194. The number of aliphatic hydroxyl groups excluding tert-OH is 2. The maximum Gasteiger partial charge on any atom is 0.331 e. The van der Waals surface area contributed by atoms with Gasteiger partial charge < -0.3 is 15.3 Å². The largest absolute Gasteiger partial charge is 0.478 e. The summed E-state index contributed by atoms with van der Waals surface area (Å²) in [7, 11) is 0. The number of hydrogen-bond acceptors (Lipinski definition) is 3. The molecule has 0 amide bonds. The number of alkyl halides is 1. The van der Waals surface area contributed by atoms with Crippen LogP contribution in [0.2, 0.25) is 0 Å². The van der Waals surface area contributed by atoms with Crippen LogP contribution < -0.4 is 0 Å². The maximum atomic E-state index is 12.7. The van der Waals surface area contributed by atoms with Crippen LogP contribution in [0.3, 0.4) is 0 Å². The second-order valence-electron chi connectivity index (χ2n) is 2.70. The number of hydrogen-bond donors (Lipinski definition) is 3. The molecule has 0 radical (unpaired) electrons. The zero-order valence-corrected chi connectivity index (χ0v) is 6.14. The second kappa shape index (κ2) is 3.20. The van der Waals surface area contributed by atoms with Gasteiger partial charge >= 0.3 is 5.97 Å². The fourth-order valence-corrected chi connectivity index (χ4v) is 1.08. The highest BCUT2D eigenvalue weighted by molar-refractivity contribution is 5.87. The van der Waals surface area contributed by atoms with Gasteiger partial charge in [0.15, 0.2) is 0 Å². The maximum absolute atomic E-state index is 12.7. The number of carbonyl (C=O) groups is 1. The number of aliphatic carboxylic acids is 1. The van der Waals surface area contributed by atoms with Gasteiger partial charge in [0.2, 0.25) is 0 Å². The summed E-state index contributed by atoms with van der Waals surface area (Å²) in [6, 6.07) is 0. The quantitative estimate of drug-likeness (QED) is 0.501. The Labute approximate surface area is 67.9 Å². The van der Waals surface area contributed by atoms with Gasteiger partial charge in [-0.1, -0.05) is 0 Å². The Morgan fingerprint density at radius 2 is 2.17 bits per heavy atom.